The lowest BCUT2D eigenvalue weighted by molar-refractivity contribution is 0.294. The fraction of sp³-hybridized carbons (Fsp3) is 0.647. The van der Waals surface area contributed by atoms with Crippen LogP contribution in [0.25, 0.3) is 0 Å². The van der Waals surface area contributed by atoms with Gasteiger partial charge in [-0.2, -0.15) is 0 Å². The van der Waals surface area contributed by atoms with E-state index in [0.717, 1.165) is 44.7 Å². The highest BCUT2D eigenvalue weighted by atomic mass is 127. The lowest BCUT2D eigenvalue weighted by Gasteiger charge is -2.13. The van der Waals surface area contributed by atoms with Crippen molar-refractivity contribution < 1.29 is 9.47 Å². The highest BCUT2D eigenvalue weighted by molar-refractivity contribution is 14.1. The molecule has 3 rings (SSSR count). The van der Waals surface area contributed by atoms with E-state index in [1.165, 1.54) is 44.9 Å². The number of halogens is 2. The number of hydrogen-bond donors (Lipinski definition) is 0. The van der Waals surface area contributed by atoms with Crippen LogP contribution in [0.3, 0.4) is 0 Å². The van der Waals surface area contributed by atoms with Crippen molar-refractivity contribution in [2.75, 3.05) is 13.2 Å². The van der Waals surface area contributed by atoms with Crippen LogP contribution in [-0.2, 0) is 0 Å². The van der Waals surface area contributed by atoms with Crippen LogP contribution in [0.1, 0.15) is 57.8 Å². The number of rotatable bonds is 0. The zero-order chi connectivity index (χ0) is 14.9. The van der Waals surface area contributed by atoms with Gasteiger partial charge in [-0.1, -0.05) is 44.9 Å². The number of hydrogen-bond acceptors (Lipinski definition) is 2. The Morgan fingerprint density at radius 1 is 0.571 bits per heavy atom. The fourth-order valence-electron chi connectivity index (χ4n) is 2.54. The van der Waals surface area contributed by atoms with E-state index in [0.29, 0.717) is 0 Å². The average molecular weight is 514 g/mol. The van der Waals surface area contributed by atoms with Crippen molar-refractivity contribution in [1.82, 2.24) is 0 Å². The molecule has 21 heavy (non-hydrogen) atoms. The summed E-state index contributed by atoms with van der Waals surface area (Å²) in [7, 11) is 0. The van der Waals surface area contributed by atoms with Crippen LogP contribution in [0.5, 0.6) is 11.5 Å². The van der Waals surface area contributed by atoms with Gasteiger partial charge in [0.1, 0.15) is 11.5 Å². The molecule has 0 spiro atoms. The van der Waals surface area contributed by atoms with E-state index in [-0.39, 0.29) is 0 Å². The second-order valence-electron chi connectivity index (χ2n) is 5.59. The SMILES string of the molecule is Ic1cc2c(I)cc1OCCCCCCCCCCCO2. The smallest absolute Gasteiger partial charge is 0.133 e. The third-order valence-corrected chi connectivity index (χ3v) is 5.48. The summed E-state index contributed by atoms with van der Waals surface area (Å²) in [6, 6.07) is 4.21. The number of benzene rings is 1. The molecule has 4 heteroatoms. The van der Waals surface area contributed by atoms with E-state index in [4.69, 9.17) is 9.47 Å². The van der Waals surface area contributed by atoms with Gasteiger partial charge in [-0.15, -0.1) is 0 Å². The zero-order valence-electron chi connectivity index (χ0n) is 12.5. The topological polar surface area (TPSA) is 18.5 Å². The van der Waals surface area contributed by atoms with E-state index in [9.17, 15) is 0 Å². The highest BCUT2D eigenvalue weighted by Gasteiger charge is 2.09. The molecule has 2 nitrogen and oxygen atoms in total. The van der Waals surface area contributed by atoms with Crippen molar-refractivity contribution in [1.29, 1.82) is 0 Å². The molecule has 0 radical (unpaired) electrons. The molecule has 1 aromatic rings. The summed E-state index contributed by atoms with van der Waals surface area (Å²) >= 11 is 4.68. The molecule has 2 aliphatic rings. The number of fused-ring (bicyclic) bond motifs is 14. The summed E-state index contributed by atoms with van der Waals surface area (Å²) in [4.78, 5) is 0. The van der Waals surface area contributed by atoms with E-state index < -0.39 is 0 Å². The van der Waals surface area contributed by atoms with Gasteiger partial charge < -0.3 is 9.47 Å². The zero-order valence-corrected chi connectivity index (χ0v) is 16.8. The third-order valence-electron chi connectivity index (χ3n) is 3.79. The maximum Gasteiger partial charge on any atom is 0.133 e. The molecule has 0 atom stereocenters. The Labute approximate surface area is 155 Å². The molecule has 0 fully saturated rings. The number of ether oxygens (including phenoxy) is 2. The van der Waals surface area contributed by atoms with Gasteiger partial charge in [0, 0.05) is 0 Å². The quantitative estimate of drug-likeness (QED) is 0.386. The molecular formula is C17H24I2O2. The van der Waals surface area contributed by atoms with E-state index in [1.54, 1.807) is 0 Å². The first-order valence-electron chi connectivity index (χ1n) is 8.02. The largest absolute Gasteiger partial charge is 0.492 e. The molecule has 0 aromatic heterocycles. The average Bonchev–Trinajstić information content (AvgIpc) is 2.47. The third kappa shape index (κ3) is 6.50. The Kier molecular flexibility index (Phi) is 8.50. The van der Waals surface area contributed by atoms with Gasteiger partial charge in [-0.3, -0.25) is 0 Å². The maximum absolute atomic E-state index is 5.93. The maximum atomic E-state index is 5.93. The molecule has 0 amide bonds. The summed E-state index contributed by atoms with van der Waals surface area (Å²) in [6.07, 6.45) is 11.7. The van der Waals surface area contributed by atoms with Gasteiger partial charge in [-0.25, -0.2) is 0 Å². The Morgan fingerprint density at radius 3 is 1.29 bits per heavy atom. The molecule has 1 aromatic carbocycles. The lowest BCUT2D eigenvalue weighted by atomic mass is 10.1. The molecule has 0 N–H and O–H groups in total. The molecule has 118 valence electrons. The molecule has 2 aliphatic heterocycles. The van der Waals surface area contributed by atoms with Crippen molar-refractivity contribution in [2.24, 2.45) is 0 Å². The van der Waals surface area contributed by atoms with Gasteiger partial charge in [0.25, 0.3) is 0 Å². The summed E-state index contributed by atoms with van der Waals surface area (Å²) in [5.74, 6) is 1.99. The van der Waals surface area contributed by atoms with E-state index >= 15 is 0 Å². The van der Waals surface area contributed by atoms with Gasteiger partial charge in [0.15, 0.2) is 0 Å². The Hall–Kier alpha value is 0.280. The summed E-state index contributed by atoms with van der Waals surface area (Å²) in [5.41, 5.74) is 0. The first-order chi connectivity index (χ1) is 10.3. The van der Waals surface area contributed by atoms with Crippen molar-refractivity contribution in [3.63, 3.8) is 0 Å². The molecule has 2 bridgehead atoms. The van der Waals surface area contributed by atoms with Crippen molar-refractivity contribution in [3.8, 4) is 11.5 Å². The Bertz CT molecular complexity index is 395. The van der Waals surface area contributed by atoms with Crippen molar-refractivity contribution in [2.45, 2.75) is 57.8 Å². The van der Waals surface area contributed by atoms with Crippen LogP contribution in [0.4, 0.5) is 0 Å². The predicted molar refractivity (Wildman–Crippen MR) is 104 cm³/mol. The van der Waals surface area contributed by atoms with Crippen LogP contribution in [0.2, 0.25) is 0 Å². The Morgan fingerprint density at radius 2 is 0.905 bits per heavy atom. The van der Waals surface area contributed by atoms with Crippen LogP contribution in [0, 0.1) is 7.14 Å². The van der Waals surface area contributed by atoms with Gasteiger partial charge in [0.2, 0.25) is 0 Å². The first-order valence-corrected chi connectivity index (χ1v) is 10.2. The van der Waals surface area contributed by atoms with Gasteiger partial charge >= 0.3 is 0 Å². The molecule has 0 saturated carbocycles. The standard InChI is InChI=1S/C17H24I2O2/c18-14-13-17-15(19)12-16(14)20-10-8-6-4-2-1-3-5-7-9-11-21-17/h12-13H,1-11H2. The minimum atomic E-state index is 0.826. The Balaban J connectivity index is 1.97. The van der Waals surface area contributed by atoms with Crippen LogP contribution in [-0.4, -0.2) is 13.2 Å². The van der Waals surface area contributed by atoms with Crippen LogP contribution >= 0.6 is 45.2 Å². The predicted octanol–water partition coefficient (Wildman–Crippen LogP) is 6.18. The second kappa shape index (κ2) is 10.1. The minimum Gasteiger partial charge on any atom is -0.492 e. The van der Waals surface area contributed by atoms with Gasteiger partial charge in [0.05, 0.1) is 20.4 Å². The summed E-state index contributed by atoms with van der Waals surface area (Å²) in [5, 5.41) is 0. The summed E-state index contributed by atoms with van der Waals surface area (Å²) < 4.78 is 14.1. The molecule has 0 saturated heterocycles. The van der Waals surface area contributed by atoms with Gasteiger partial charge in [-0.05, 0) is 70.2 Å². The monoisotopic (exact) mass is 514 g/mol. The normalized spacial score (nSPS) is 18.6. The molecule has 0 aliphatic carbocycles. The molecule has 0 unspecified atom stereocenters. The van der Waals surface area contributed by atoms with Crippen LogP contribution in [0.15, 0.2) is 12.1 Å². The second-order valence-corrected chi connectivity index (χ2v) is 7.92. The highest BCUT2D eigenvalue weighted by Crippen LogP contribution is 2.31. The molecule has 2 heterocycles. The van der Waals surface area contributed by atoms with Crippen molar-refractivity contribution >= 4 is 45.2 Å². The van der Waals surface area contributed by atoms with Crippen LogP contribution < -0.4 is 9.47 Å². The summed E-state index contributed by atoms with van der Waals surface area (Å²) in [6.45, 7) is 1.65. The lowest BCUT2D eigenvalue weighted by Crippen LogP contribution is -2.02. The first kappa shape index (κ1) is 17.6. The minimum absolute atomic E-state index is 0.826. The van der Waals surface area contributed by atoms with E-state index in [1.807, 2.05) is 0 Å². The van der Waals surface area contributed by atoms with E-state index in [2.05, 4.69) is 57.3 Å². The molecular weight excluding hydrogens is 490 g/mol. The van der Waals surface area contributed by atoms with Crippen molar-refractivity contribution in [3.05, 3.63) is 19.3 Å². The fourth-order valence-corrected chi connectivity index (χ4v) is 3.73.